The molecule has 1 atom stereocenters. The van der Waals surface area contributed by atoms with E-state index < -0.39 is 0 Å². The Morgan fingerprint density at radius 2 is 1.97 bits per heavy atom. The molecule has 7 heteroatoms. The number of hydrogen-bond donors (Lipinski definition) is 2. The number of aromatic amines is 1. The molecule has 0 saturated carbocycles. The van der Waals surface area contributed by atoms with Gasteiger partial charge in [-0.15, -0.1) is 22.7 Å². The van der Waals surface area contributed by atoms with Crippen molar-refractivity contribution < 1.29 is 4.79 Å². The molecular weight excluding hydrogens is 430 g/mol. The summed E-state index contributed by atoms with van der Waals surface area (Å²) in [5.74, 6) is 0.517. The minimum Gasteiger partial charge on any atom is -0.361 e. The van der Waals surface area contributed by atoms with Crippen molar-refractivity contribution in [2.24, 2.45) is 0 Å². The fraction of sp³-hybridized carbons (Fsp3) is 0.130. The number of aromatic nitrogens is 2. The Kier molecular flexibility index (Phi) is 5.57. The number of para-hydroxylation sites is 2. The number of thiophene rings is 1. The summed E-state index contributed by atoms with van der Waals surface area (Å²) in [6.07, 6.45) is 2.07. The number of carbonyl (C=O) groups excluding carboxylic acids is 1. The lowest BCUT2D eigenvalue weighted by atomic mass is 9.96. The molecule has 1 amide bonds. The smallest absolute Gasteiger partial charge is 0.230 e. The van der Waals surface area contributed by atoms with Crippen LogP contribution in [0.4, 0.5) is 0 Å². The average Bonchev–Trinajstić information content (AvgIpc) is 3.52. The SMILES string of the molecule is O=C(CSc1nc2ccccc2s1)NCC(c1cccs1)c1c[nH]c2ccccc12. The third-order valence-corrected chi connectivity index (χ3v) is 8.15. The second-order valence-corrected chi connectivity index (χ2v) is 10.1. The molecule has 0 saturated heterocycles. The van der Waals surface area contributed by atoms with Gasteiger partial charge >= 0.3 is 0 Å². The summed E-state index contributed by atoms with van der Waals surface area (Å²) in [4.78, 5) is 21.8. The molecule has 5 rings (SSSR count). The van der Waals surface area contributed by atoms with Crippen molar-refractivity contribution in [2.45, 2.75) is 10.3 Å². The Balaban J connectivity index is 1.28. The van der Waals surface area contributed by atoms with E-state index in [0.29, 0.717) is 12.3 Å². The molecule has 1 unspecified atom stereocenters. The van der Waals surface area contributed by atoms with Crippen molar-refractivity contribution in [1.29, 1.82) is 0 Å². The maximum atomic E-state index is 12.6. The van der Waals surface area contributed by atoms with E-state index in [1.165, 1.54) is 27.6 Å². The number of carbonyl (C=O) groups is 1. The highest BCUT2D eigenvalue weighted by Gasteiger charge is 2.20. The van der Waals surface area contributed by atoms with Crippen molar-refractivity contribution in [3.8, 4) is 0 Å². The van der Waals surface area contributed by atoms with Crippen LogP contribution in [0.3, 0.4) is 0 Å². The van der Waals surface area contributed by atoms with Gasteiger partial charge in [-0.25, -0.2) is 4.98 Å². The lowest BCUT2D eigenvalue weighted by Gasteiger charge is -2.16. The Bertz CT molecular complexity index is 1260. The van der Waals surface area contributed by atoms with Gasteiger partial charge in [0.2, 0.25) is 5.91 Å². The monoisotopic (exact) mass is 449 g/mol. The maximum absolute atomic E-state index is 12.6. The van der Waals surface area contributed by atoms with Crippen LogP contribution in [0, 0.1) is 0 Å². The van der Waals surface area contributed by atoms with Gasteiger partial charge in [0, 0.05) is 34.4 Å². The lowest BCUT2D eigenvalue weighted by Crippen LogP contribution is -2.30. The first kappa shape index (κ1) is 19.4. The van der Waals surface area contributed by atoms with Gasteiger partial charge in [0.15, 0.2) is 4.34 Å². The molecule has 0 spiro atoms. The van der Waals surface area contributed by atoms with E-state index in [4.69, 9.17) is 0 Å². The van der Waals surface area contributed by atoms with E-state index in [1.807, 2.05) is 24.3 Å². The average molecular weight is 450 g/mol. The molecule has 5 aromatic rings. The van der Waals surface area contributed by atoms with Crippen molar-refractivity contribution in [3.63, 3.8) is 0 Å². The molecule has 0 aliphatic rings. The molecule has 2 N–H and O–H groups in total. The van der Waals surface area contributed by atoms with Gasteiger partial charge in [0.05, 0.1) is 16.0 Å². The van der Waals surface area contributed by atoms with Crippen LogP contribution < -0.4 is 5.32 Å². The van der Waals surface area contributed by atoms with E-state index in [1.54, 1.807) is 22.7 Å². The van der Waals surface area contributed by atoms with Crippen molar-refractivity contribution in [1.82, 2.24) is 15.3 Å². The molecule has 3 heterocycles. The van der Waals surface area contributed by atoms with Crippen molar-refractivity contribution >= 4 is 61.5 Å². The Hall–Kier alpha value is -2.61. The van der Waals surface area contributed by atoms with Gasteiger partial charge in [0.25, 0.3) is 0 Å². The summed E-state index contributed by atoms with van der Waals surface area (Å²) in [6.45, 7) is 0.571. The summed E-state index contributed by atoms with van der Waals surface area (Å²) in [7, 11) is 0. The van der Waals surface area contributed by atoms with Crippen LogP contribution in [0.1, 0.15) is 16.4 Å². The van der Waals surface area contributed by atoms with Crippen LogP contribution in [0.25, 0.3) is 21.1 Å². The second kappa shape index (κ2) is 8.63. The molecule has 4 nitrogen and oxygen atoms in total. The zero-order valence-electron chi connectivity index (χ0n) is 16.0. The minimum atomic E-state index is 0.0284. The maximum Gasteiger partial charge on any atom is 0.230 e. The number of nitrogens with one attached hydrogen (secondary N) is 2. The molecule has 150 valence electrons. The predicted molar refractivity (Wildman–Crippen MR) is 128 cm³/mol. The highest BCUT2D eigenvalue weighted by molar-refractivity contribution is 8.01. The van der Waals surface area contributed by atoms with Crippen LogP contribution >= 0.6 is 34.4 Å². The predicted octanol–water partition coefficient (Wildman–Crippen LogP) is 5.88. The summed E-state index contributed by atoms with van der Waals surface area (Å²) in [6, 6.07) is 20.6. The van der Waals surface area contributed by atoms with Crippen LogP contribution in [-0.2, 0) is 4.79 Å². The molecule has 0 bridgehead atoms. The normalized spacial score (nSPS) is 12.4. The van der Waals surface area contributed by atoms with Crippen molar-refractivity contribution in [2.75, 3.05) is 12.3 Å². The number of H-pyrrole nitrogens is 1. The standard InChI is InChI=1S/C23H19N3OS3/c27-22(14-29-23-26-19-8-3-4-9-21(19)30-23)25-13-17(20-10-5-11-28-20)16-12-24-18-7-2-1-6-15(16)18/h1-12,17,24H,13-14H2,(H,25,27). The van der Waals surface area contributed by atoms with Gasteiger partial charge in [-0.2, -0.15) is 0 Å². The molecule has 0 aliphatic carbocycles. The molecule has 3 aromatic heterocycles. The summed E-state index contributed by atoms with van der Waals surface area (Å²) in [5, 5.41) is 6.43. The van der Waals surface area contributed by atoms with Gasteiger partial charge in [-0.3, -0.25) is 4.79 Å². The number of thioether (sulfide) groups is 1. The quantitative estimate of drug-likeness (QED) is 0.305. The topological polar surface area (TPSA) is 57.8 Å². The molecule has 0 radical (unpaired) electrons. The summed E-state index contributed by atoms with van der Waals surface area (Å²) < 4.78 is 2.08. The first-order valence-electron chi connectivity index (χ1n) is 9.62. The van der Waals surface area contributed by atoms with Gasteiger partial charge < -0.3 is 10.3 Å². The fourth-order valence-corrected chi connectivity index (χ4v) is 6.29. The van der Waals surface area contributed by atoms with E-state index >= 15 is 0 Å². The van der Waals surface area contributed by atoms with Gasteiger partial charge in [-0.05, 0) is 35.2 Å². The van der Waals surface area contributed by atoms with Crippen LogP contribution in [-0.4, -0.2) is 28.2 Å². The molecule has 0 fully saturated rings. The third-order valence-electron chi connectivity index (χ3n) is 4.99. The van der Waals surface area contributed by atoms with Gasteiger partial charge in [0.1, 0.15) is 0 Å². The largest absolute Gasteiger partial charge is 0.361 e. The van der Waals surface area contributed by atoms with Crippen molar-refractivity contribution in [3.05, 3.63) is 82.7 Å². The lowest BCUT2D eigenvalue weighted by molar-refractivity contribution is -0.118. The highest BCUT2D eigenvalue weighted by atomic mass is 32.2. The number of amides is 1. The Morgan fingerprint density at radius 3 is 2.83 bits per heavy atom. The Morgan fingerprint density at radius 1 is 1.10 bits per heavy atom. The van der Waals surface area contributed by atoms with E-state index in [2.05, 4.69) is 63.3 Å². The van der Waals surface area contributed by atoms with Crippen LogP contribution in [0.15, 0.2) is 76.6 Å². The van der Waals surface area contributed by atoms with Crippen LogP contribution in [0.5, 0.6) is 0 Å². The minimum absolute atomic E-state index is 0.0284. The van der Waals surface area contributed by atoms with E-state index in [0.717, 1.165) is 20.1 Å². The molecule has 2 aromatic carbocycles. The fourth-order valence-electron chi connectivity index (χ4n) is 3.54. The van der Waals surface area contributed by atoms with E-state index in [-0.39, 0.29) is 11.8 Å². The highest BCUT2D eigenvalue weighted by Crippen LogP contribution is 2.33. The summed E-state index contributed by atoms with van der Waals surface area (Å²) >= 11 is 4.85. The van der Waals surface area contributed by atoms with Gasteiger partial charge in [-0.1, -0.05) is 48.2 Å². The summed E-state index contributed by atoms with van der Waals surface area (Å²) in [5.41, 5.74) is 3.32. The van der Waals surface area contributed by atoms with E-state index in [9.17, 15) is 4.79 Å². The van der Waals surface area contributed by atoms with Crippen LogP contribution in [0.2, 0.25) is 0 Å². The third kappa shape index (κ3) is 4.01. The number of benzene rings is 2. The first-order valence-corrected chi connectivity index (χ1v) is 12.3. The zero-order chi connectivity index (χ0) is 20.3. The molecular formula is C23H19N3OS3. The molecule has 0 aliphatic heterocycles. The number of fused-ring (bicyclic) bond motifs is 2. The zero-order valence-corrected chi connectivity index (χ0v) is 18.4. The number of nitrogens with zero attached hydrogens (tertiary/aromatic N) is 1. The first-order chi connectivity index (χ1) is 14.8. The Labute approximate surface area is 186 Å². The molecule has 30 heavy (non-hydrogen) atoms. The number of hydrogen-bond acceptors (Lipinski definition) is 5. The second-order valence-electron chi connectivity index (χ2n) is 6.90. The number of rotatable bonds is 7. The number of thiazole rings is 1.